The maximum absolute atomic E-state index is 13.5. The number of nitrogens with zero attached hydrogens (tertiary/aromatic N) is 1. The van der Waals surface area contributed by atoms with Gasteiger partial charge >= 0.3 is 0 Å². The molecule has 0 bridgehead atoms. The highest BCUT2D eigenvalue weighted by atomic mass is 32.2. The number of dihydropyridines is 1. The smallest absolute Gasteiger partial charge is 0.254 e. The molecule has 0 fully saturated rings. The number of benzene rings is 2. The molecule has 0 radical (unpaired) electrons. The van der Waals surface area contributed by atoms with E-state index in [1.165, 1.54) is 23.1 Å². The van der Waals surface area contributed by atoms with Crippen LogP contribution in [0.5, 0.6) is 0 Å². The molecule has 0 saturated heterocycles. The Labute approximate surface area is 219 Å². The van der Waals surface area contributed by atoms with Gasteiger partial charge in [-0.05, 0) is 42.5 Å². The number of rotatable bonds is 8. The van der Waals surface area contributed by atoms with Gasteiger partial charge in [-0.15, -0.1) is 11.3 Å². The molecule has 0 aliphatic carbocycles. The van der Waals surface area contributed by atoms with Crippen LogP contribution in [0.25, 0.3) is 0 Å². The second-order valence-corrected chi connectivity index (χ2v) is 10.3. The molecule has 1 atom stereocenters. The van der Waals surface area contributed by atoms with Crippen LogP contribution in [0.3, 0.4) is 0 Å². The summed E-state index contributed by atoms with van der Waals surface area (Å²) in [5, 5.41) is 21.8. The lowest BCUT2D eigenvalue weighted by Gasteiger charge is -2.29. The SMILES string of the molecule is CC1=C(C(=O)Nc2ccccc2C)C(c2cccs2)C(C#N)=C(SCC(=O)NCc2ccccc2)N1. The molecule has 2 aromatic carbocycles. The van der Waals surface area contributed by atoms with Crippen molar-refractivity contribution in [2.24, 2.45) is 0 Å². The molecule has 2 amide bonds. The van der Waals surface area contributed by atoms with Crippen molar-refractivity contribution in [3.8, 4) is 6.07 Å². The van der Waals surface area contributed by atoms with Gasteiger partial charge in [0, 0.05) is 28.4 Å². The van der Waals surface area contributed by atoms with Crippen molar-refractivity contribution in [3.63, 3.8) is 0 Å². The number of amides is 2. The van der Waals surface area contributed by atoms with Crippen molar-refractivity contribution < 1.29 is 9.59 Å². The van der Waals surface area contributed by atoms with E-state index in [4.69, 9.17) is 0 Å². The summed E-state index contributed by atoms with van der Waals surface area (Å²) >= 11 is 2.77. The lowest BCUT2D eigenvalue weighted by Crippen LogP contribution is -2.31. The summed E-state index contributed by atoms with van der Waals surface area (Å²) < 4.78 is 0. The summed E-state index contributed by atoms with van der Waals surface area (Å²) in [6.45, 7) is 4.21. The van der Waals surface area contributed by atoms with Gasteiger partial charge < -0.3 is 16.0 Å². The van der Waals surface area contributed by atoms with E-state index in [9.17, 15) is 14.9 Å². The number of nitriles is 1. The van der Waals surface area contributed by atoms with E-state index in [1.54, 1.807) is 0 Å². The van der Waals surface area contributed by atoms with E-state index in [1.807, 2.05) is 86.0 Å². The van der Waals surface area contributed by atoms with Crippen molar-refractivity contribution in [1.29, 1.82) is 5.26 Å². The molecule has 0 spiro atoms. The number of allylic oxidation sites excluding steroid dienone is 2. The first-order chi connectivity index (χ1) is 17.5. The highest BCUT2D eigenvalue weighted by molar-refractivity contribution is 8.03. The van der Waals surface area contributed by atoms with Gasteiger partial charge in [0.15, 0.2) is 0 Å². The van der Waals surface area contributed by atoms with Crippen LogP contribution in [-0.2, 0) is 16.1 Å². The third-order valence-electron chi connectivity index (χ3n) is 5.79. The quantitative estimate of drug-likeness (QED) is 0.372. The lowest BCUT2D eigenvalue weighted by atomic mass is 9.86. The highest BCUT2D eigenvalue weighted by Crippen LogP contribution is 2.42. The Morgan fingerprint density at radius 1 is 1.06 bits per heavy atom. The van der Waals surface area contributed by atoms with E-state index >= 15 is 0 Å². The Balaban J connectivity index is 1.55. The molecule has 36 heavy (non-hydrogen) atoms. The lowest BCUT2D eigenvalue weighted by molar-refractivity contribution is -0.118. The number of nitrogens with one attached hydrogen (secondary N) is 3. The maximum atomic E-state index is 13.5. The monoisotopic (exact) mass is 514 g/mol. The first-order valence-corrected chi connectivity index (χ1v) is 13.3. The fourth-order valence-electron chi connectivity index (χ4n) is 3.96. The van der Waals surface area contributed by atoms with Crippen LogP contribution in [0.15, 0.2) is 94.0 Å². The number of hydrogen-bond acceptors (Lipinski definition) is 6. The van der Waals surface area contributed by atoms with Gasteiger partial charge in [-0.3, -0.25) is 9.59 Å². The minimum Gasteiger partial charge on any atom is -0.353 e. The first kappa shape index (κ1) is 25.3. The molecular formula is C28H26N4O2S2. The van der Waals surface area contributed by atoms with Crippen LogP contribution >= 0.6 is 23.1 Å². The second-order valence-electron chi connectivity index (χ2n) is 8.29. The number of para-hydroxylation sites is 1. The molecule has 1 aliphatic heterocycles. The standard InChI is InChI=1S/C28H26N4O2S2/c1-18-9-6-7-12-22(18)32-27(34)25-19(2)31-28(21(15-29)26(25)23-13-8-14-35-23)36-17-24(33)30-16-20-10-4-3-5-11-20/h3-14,26,31H,16-17H2,1-2H3,(H,30,33)(H,32,34). The molecule has 2 heterocycles. The summed E-state index contributed by atoms with van der Waals surface area (Å²) in [6.07, 6.45) is 0. The molecular weight excluding hydrogens is 488 g/mol. The van der Waals surface area contributed by atoms with Gasteiger partial charge in [0.2, 0.25) is 5.91 Å². The third kappa shape index (κ3) is 5.88. The van der Waals surface area contributed by atoms with Crippen molar-refractivity contribution >= 4 is 40.6 Å². The number of anilines is 1. The summed E-state index contributed by atoms with van der Waals surface area (Å²) in [6, 6.07) is 23.4. The molecule has 0 saturated carbocycles. The maximum Gasteiger partial charge on any atom is 0.254 e. The molecule has 3 aromatic rings. The fourth-order valence-corrected chi connectivity index (χ4v) is 5.72. The zero-order chi connectivity index (χ0) is 25.5. The van der Waals surface area contributed by atoms with Crippen LogP contribution in [0, 0.1) is 18.3 Å². The van der Waals surface area contributed by atoms with Gasteiger partial charge in [0.1, 0.15) is 0 Å². The predicted molar refractivity (Wildman–Crippen MR) is 146 cm³/mol. The molecule has 182 valence electrons. The average molecular weight is 515 g/mol. The number of carbonyl (C=O) groups excluding carboxylic acids is 2. The molecule has 1 aliphatic rings. The van der Waals surface area contributed by atoms with E-state index in [0.29, 0.717) is 28.4 Å². The van der Waals surface area contributed by atoms with E-state index in [2.05, 4.69) is 22.0 Å². The van der Waals surface area contributed by atoms with Gasteiger partial charge in [-0.25, -0.2) is 0 Å². The minimum atomic E-state index is -0.518. The number of thioether (sulfide) groups is 1. The normalized spacial score (nSPS) is 15.2. The topological polar surface area (TPSA) is 94.0 Å². The van der Waals surface area contributed by atoms with E-state index in [-0.39, 0.29) is 17.6 Å². The van der Waals surface area contributed by atoms with Crippen LogP contribution in [0.4, 0.5) is 5.69 Å². The van der Waals surface area contributed by atoms with Crippen molar-refractivity contribution in [1.82, 2.24) is 10.6 Å². The predicted octanol–water partition coefficient (Wildman–Crippen LogP) is 5.44. The molecule has 4 rings (SSSR count). The molecule has 8 heteroatoms. The number of carbonyl (C=O) groups is 2. The zero-order valence-electron chi connectivity index (χ0n) is 20.0. The van der Waals surface area contributed by atoms with Crippen molar-refractivity contribution in [2.45, 2.75) is 26.3 Å². The minimum absolute atomic E-state index is 0.132. The van der Waals surface area contributed by atoms with Crippen LogP contribution in [0.1, 0.15) is 28.8 Å². The third-order valence-corrected chi connectivity index (χ3v) is 7.75. The zero-order valence-corrected chi connectivity index (χ0v) is 21.6. The largest absolute Gasteiger partial charge is 0.353 e. The summed E-state index contributed by atoms with van der Waals surface area (Å²) in [7, 11) is 0. The number of aryl methyl sites for hydroxylation is 1. The second kappa shape index (κ2) is 11.8. The fraction of sp³-hybridized carbons (Fsp3) is 0.179. The Morgan fingerprint density at radius 3 is 2.50 bits per heavy atom. The average Bonchev–Trinajstić information content (AvgIpc) is 3.42. The molecule has 6 nitrogen and oxygen atoms in total. The summed E-state index contributed by atoms with van der Waals surface area (Å²) in [4.78, 5) is 26.9. The highest BCUT2D eigenvalue weighted by Gasteiger charge is 2.35. The first-order valence-electron chi connectivity index (χ1n) is 11.4. The molecule has 1 aromatic heterocycles. The van der Waals surface area contributed by atoms with Crippen LogP contribution in [-0.4, -0.2) is 17.6 Å². The van der Waals surface area contributed by atoms with E-state index in [0.717, 1.165) is 21.7 Å². The Bertz CT molecular complexity index is 1360. The van der Waals surface area contributed by atoms with Gasteiger partial charge in [-0.2, -0.15) is 5.26 Å². The Hall–Kier alpha value is -3.80. The molecule has 3 N–H and O–H groups in total. The van der Waals surface area contributed by atoms with Crippen LogP contribution < -0.4 is 16.0 Å². The van der Waals surface area contributed by atoms with Gasteiger partial charge in [0.25, 0.3) is 5.91 Å². The Kier molecular flexibility index (Phi) is 8.26. The summed E-state index contributed by atoms with van der Waals surface area (Å²) in [5.41, 5.74) is 4.28. The van der Waals surface area contributed by atoms with Crippen LogP contribution in [0.2, 0.25) is 0 Å². The summed E-state index contributed by atoms with van der Waals surface area (Å²) in [5.74, 6) is -0.761. The number of hydrogen-bond donors (Lipinski definition) is 3. The molecule has 1 unspecified atom stereocenters. The van der Waals surface area contributed by atoms with Gasteiger partial charge in [-0.1, -0.05) is 66.4 Å². The number of thiophene rings is 1. The van der Waals surface area contributed by atoms with Crippen molar-refractivity contribution in [3.05, 3.63) is 110 Å². The van der Waals surface area contributed by atoms with E-state index < -0.39 is 5.92 Å². The Morgan fingerprint density at radius 2 is 1.81 bits per heavy atom. The van der Waals surface area contributed by atoms with Crippen molar-refractivity contribution in [2.75, 3.05) is 11.1 Å². The van der Waals surface area contributed by atoms with Gasteiger partial charge in [0.05, 0.1) is 28.3 Å².